The monoisotopic (exact) mass is 376 g/mol. The smallest absolute Gasteiger partial charge is 0.218 e. The van der Waals surface area contributed by atoms with Crippen molar-refractivity contribution in [1.82, 2.24) is 9.21 Å². The van der Waals surface area contributed by atoms with Gasteiger partial charge in [0.1, 0.15) is 5.82 Å². The molecule has 2 aromatic rings. The Labute approximate surface area is 155 Å². The predicted octanol–water partition coefficient (Wildman–Crippen LogP) is 2.91. The minimum atomic E-state index is -3.27. The Balaban J connectivity index is 1.44. The van der Waals surface area contributed by atoms with Crippen LogP contribution in [0.3, 0.4) is 0 Å². The van der Waals surface area contributed by atoms with E-state index in [0.29, 0.717) is 19.5 Å². The molecule has 1 aliphatic rings. The summed E-state index contributed by atoms with van der Waals surface area (Å²) in [4.78, 5) is 2.26. The van der Waals surface area contributed by atoms with Crippen LogP contribution >= 0.6 is 0 Å². The van der Waals surface area contributed by atoms with E-state index >= 15 is 0 Å². The predicted molar refractivity (Wildman–Crippen MR) is 102 cm³/mol. The molecule has 4 nitrogen and oxygen atoms in total. The normalized spacial score (nSPS) is 16.7. The van der Waals surface area contributed by atoms with Crippen molar-refractivity contribution in [3.8, 4) is 0 Å². The van der Waals surface area contributed by atoms with Crippen molar-refractivity contribution in [3.63, 3.8) is 0 Å². The summed E-state index contributed by atoms with van der Waals surface area (Å²) in [7, 11) is -3.27. The number of nitrogens with zero attached hydrogens (tertiary/aromatic N) is 2. The fourth-order valence-electron chi connectivity index (χ4n) is 3.30. The van der Waals surface area contributed by atoms with Gasteiger partial charge in [-0.1, -0.05) is 48.5 Å². The van der Waals surface area contributed by atoms with Gasteiger partial charge in [0.25, 0.3) is 0 Å². The van der Waals surface area contributed by atoms with Crippen LogP contribution in [0.2, 0.25) is 0 Å². The van der Waals surface area contributed by atoms with Crippen molar-refractivity contribution in [2.24, 2.45) is 0 Å². The molecule has 0 saturated carbocycles. The molecule has 1 heterocycles. The van der Waals surface area contributed by atoms with Crippen molar-refractivity contribution < 1.29 is 12.8 Å². The molecule has 0 unspecified atom stereocenters. The Morgan fingerprint density at radius 3 is 2.23 bits per heavy atom. The van der Waals surface area contributed by atoms with Gasteiger partial charge < -0.3 is 4.90 Å². The first-order valence-corrected chi connectivity index (χ1v) is 10.6. The van der Waals surface area contributed by atoms with Crippen LogP contribution in [0.5, 0.6) is 0 Å². The number of piperazine rings is 1. The Hall–Kier alpha value is -1.76. The van der Waals surface area contributed by atoms with E-state index in [1.165, 1.54) is 6.07 Å². The molecule has 2 aromatic carbocycles. The molecule has 6 heteroatoms. The highest BCUT2D eigenvalue weighted by Gasteiger charge is 2.26. The Morgan fingerprint density at radius 2 is 1.54 bits per heavy atom. The summed E-state index contributed by atoms with van der Waals surface area (Å²) < 4.78 is 40.3. The molecular weight excluding hydrogens is 351 g/mol. The second-order valence-electron chi connectivity index (χ2n) is 6.68. The highest BCUT2D eigenvalue weighted by Crippen LogP contribution is 2.15. The fourth-order valence-corrected chi connectivity index (χ4v) is 4.82. The zero-order valence-corrected chi connectivity index (χ0v) is 15.7. The number of sulfonamides is 1. The second kappa shape index (κ2) is 8.75. The maximum atomic E-state index is 13.6. The average Bonchev–Trinajstić information content (AvgIpc) is 2.64. The molecule has 1 aliphatic heterocycles. The number of hydrogen-bond donors (Lipinski definition) is 0. The Bertz CT molecular complexity index is 804. The van der Waals surface area contributed by atoms with Gasteiger partial charge in [-0.05, 0) is 36.6 Å². The summed E-state index contributed by atoms with van der Waals surface area (Å²) in [5.74, 6) is -0.0921. The summed E-state index contributed by atoms with van der Waals surface area (Å²) in [6.45, 7) is 3.36. The van der Waals surface area contributed by atoms with Crippen LogP contribution in [0.1, 0.15) is 17.5 Å². The molecular formula is C20H25FN2O2S. The lowest BCUT2D eigenvalue weighted by molar-refractivity contribution is 0.186. The average molecular weight is 376 g/mol. The first kappa shape index (κ1) is 19.0. The standard InChI is InChI=1S/C20H25FN2O2S/c21-20-11-5-4-9-19(20)10-6-12-22-13-15-23(16-14-22)26(24,25)17-18-7-2-1-3-8-18/h1-5,7-9,11H,6,10,12-17H2. The van der Waals surface area contributed by atoms with Crippen molar-refractivity contribution in [2.45, 2.75) is 18.6 Å². The third-order valence-corrected chi connectivity index (χ3v) is 6.64. The number of halogens is 1. The van der Waals surface area contributed by atoms with E-state index in [0.717, 1.165) is 37.2 Å². The van der Waals surface area contributed by atoms with Gasteiger partial charge in [0, 0.05) is 26.2 Å². The van der Waals surface area contributed by atoms with Gasteiger partial charge in [0.15, 0.2) is 0 Å². The summed E-state index contributed by atoms with van der Waals surface area (Å²) in [6, 6.07) is 16.2. The molecule has 0 radical (unpaired) electrons. The molecule has 0 aromatic heterocycles. The zero-order chi connectivity index (χ0) is 18.4. The van der Waals surface area contributed by atoms with Crippen molar-refractivity contribution in [2.75, 3.05) is 32.7 Å². The molecule has 0 bridgehead atoms. The van der Waals surface area contributed by atoms with E-state index in [2.05, 4.69) is 4.90 Å². The molecule has 0 spiro atoms. The number of hydrogen-bond acceptors (Lipinski definition) is 3. The van der Waals surface area contributed by atoms with Gasteiger partial charge in [-0.15, -0.1) is 0 Å². The van der Waals surface area contributed by atoms with Crippen LogP contribution in [0, 0.1) is 5.82 Å². The SMILES string of the molecule is O=S(=O)(Cc1ccccc1)N1CCN(CCCc2ccccc2F)CC1. The Morgan fingerprint density at radius 1 is 0.885 bits per heavy atom. The lowest BCUT2D eigenvalue weighted by Crippen LogP contribution is -2.49. The maximum absolute atomic E-state index is 13.6. The minimum Gasteiger partial charge on any atom is -0.301 e. The molecule has 1 saturated heterocycles. The highest BCUT2D eigenvalue weighted by molar-refractivity contribution is 7.88. The molecule has 3 rings (SSSR count). The summed E-state index contributed by atoms with van der Waals surface area (Å²) in [5, 5.41) is 0. The summed E-state index contributed by atoms with van der Waals surface area (Å²) in [5.41, 5.74) is 1.57. The van der Waals surface area contributed by atoms with Gasteiger partial charge >= 0.3 is 0 Å². The second-order valence-corrected chi connectivity index (χ2v) is 8.65. The van der Waals surface area contributed by atoms with Crippen LogP contribution in [-0.2, 0) is 22.2 Å². The first-order chi connectivity index (χ1) is 12.5. The summed E-state index contributed by atoms with van der Waals surface area (Å²) in [6.07, 6.45) is 1.58. The van der Waals surface area contributed by atoms with Crippen LogP contribution in [0.25, 0.3) is 0 Å². The van der Waals surface area contributed by atoms with Crippen LogP contribution in [0.15, 0.2) is 54.6 Å². The van der Waals surface area contributed by atoms with Crippen molar-refractivity contribution >= 4 is 10.0 Å². The topological polar surface area (TPSA) is 40.6 Å². The van der Waals surface area contributed by atoms with Crippen molar-refractivity contribution in [3.05, 3.63) is 71.5 Å². The van der Waals surface area contributed by atoms with E-state index < -0.39 is 10.0 Å². The summed E-state index contributed by atoms with van der Waals surface area (Å²) >= 11 is 0. The largest absolute Gasteiger partial charge is 0.301 e. The third kappa shape index (κ3) is 5.13. The lowest BCUT2D eigenvalue weighted by atomic mass is 10.1. The van der Waals surface area contributed by atoms with Crippen LogP contribution in [-0.4, -0.2) is 50.3 Å². The quantitative estimate of drug-likeness (QED) is 0.746. The van der Waals surface area contributed by atoms with Gasteiger partial charge in [-0.2, -0.15) is 4.31 Å². The van der Waals surface area contributed by atoms with Crippen LogP contribution < -0.4 is 0 Å². The Kier molecular flexibility index (Phi) is 6.40. The molecule has 26 heavy (non-hydrogen) atoms. The van der Waals surface area contributed by atoms with Gasteiger partial charge in [-0.25, -0.2) is 12.8 Å². The lowest BCUT2D eigenvalue weighted by Gasteiger charge is -2.34. The zero-order valence-electron chi connectivity index (χ0n) is 14.9. The van der Waals surface area contributed by atoms with Gasteiger partial charge in [-0.3, -0.25) is 0 Å². The third-order valence-electron chi connectivity index (χ3n) is 4.79. The number of benzene rings is 2. The van der Waals surface area contributed by atoms with Gasteiger partial charge in [0.05, 0.1) is 5.75 Å². The highest BCUT2D eigenvalue weighted by atomic mass is 32.2. The maximum Gasteiger partial charge on any atom is 0.218 e. The molecule has 140 valence electrons. The van der Waals surface area contributed by atoms with Gasteiger partial charge in [0.2, 0.25) is 10.0 Å². The minimum absolute atomic E-state index is 0.0567. The van der Waals surface area contributed by atoms with Crippen LogP contribution in [0.4, 0.5) is 4.39 Å². The van der Waals surface area contributed by atoms with E-state index in [1.807, 2.05) is 42.5 Å². The van der Waals surface area contributed by atoms with Crippen molar-refractivity contribution in [1.29, 1.82) is 0 Å². The molecule has 0 amide bonds. The van der Waals surface area contributed by atoms with E-state index in [9.17, 15) is 12.8 Å². The first-order valence-electron chi connectivity index (χ1n) is 9.02. The van der Waals surface area contributed by atoms with E-state index in [4.69, 9.17) is 0 Å². The molecule has 0 N–H and O–H groups in total. The van der Waals surface area contributed by atoms with E-state index in [-0.39, 0.29) is 11.6 Å². The molecule has 1 fully saturated rings. The number of rotatable bonds is 7. The van der Waals surface area contributed by atoms with E-state index in [1.54, 1.807) is 10.4 Å². The molecule has 0 aliphatic carbocycles. The number of aryl methyl sites for hydroxylation is 1. The fraction of sp³-hybridized carbons (Fsp3) is 0.400. The molecule has 0 atom stereocenters.